The lowest BCUT2D eigenvalue weighted by Crippen LogP contribution is -2.24. The second-order valence-electron chi connectivity index (χ2n) is 6.17. The third-order valence-electron chi connectivity index (χ3n) is 4.35. The number of allylic oxidation sites excluding steroid dienone is 2. The lowest BCUT2D eigenvalue weighted by Gasteiger charge is -2.30. The summed E-state index contributed by atoms with van der Waals surface area (Å²) in [6.07, 6.45) is 5.43. The highest BCUT2D eigenvalue weighted by Crippen LogP contribution is 2.45. The fourth-order valence-electron chi connectivity index (χ4n) is 3.01. The molecule has 1 N–H and O–H groups in total. The van der Waals surface area contributed by atoms with E-state index in [0.717, 1.165) is 22.5 Å². The average Bonchev–Trinajstić information content (AvgIpc) is 3.38. The van der Waals surface area contributed by atoms with E-state index in [9.17, 15) is 13.2 Å². The minimum atomic E-state index is -0.776. The van der Waals surface area contributed by atoms with E-state index in [1.807, 2.05) is 27.5 Å². The Balaban J connectivity index is 1.86. The Morgan fingerprint density at radius 3 is 2.52 bits per heavy atom. The molecule has 0 radical (unpaired) electrons. The highest BCUT2D eigenvalue weighted by atomic mass is 127. The minimum absolute atomic E-state index is 0.0384. The highest BCUT2D eigenvalue weighted by molar-refractivity contribution is 14.1. The van der Waals surface area contributed by atoms with Crippen LogP contribution in [0.2, 0.25) is 0 Å². The summed E-state index contributed by atoms with van der Waals surface area (Å²) in [4.78, 5) is 1.81. The maximum absolute atomic E-state index is 14.5. The normalized spacial score (nSPS) is 16.2. The van der Waals surface area contributed by atoms with Crippen molar-refractivity contribution in [1.29, 1.82) is 0 Å². The van der Waals surface area contributed by atoms with Crippen LogP contribution in [0.25, 0.3) is 5.57 Å². The van der Waals surface area contributed by atoms with Crippen LogP contribution >= 0.6 is 22.6 Å². The third-order valence-corrected chi connectivity index (χ3v) is 5.02. The number of anilines is 3. The number of hydrogen-bond donors (Lipinski definition) is 1. The predicted molar refractivity (Wildman–Crippen MR) is 102 cm³/mol. The number of rotatable bonds is 3. The van der Waals surface area contributed by atoms with Crippen molar-refractivity contribution in [2.24, 2.45) is 0 Å². The van der Waals surface area contributed by atoms with Crippen molar-refractivity contribution in [2.45, 2.75) is 18.9 Å². The number of nitrogens with one attached hydrogen (secondary N) is 1. The fourth-order valence-corrected chi connectivity index (χ4v) is 3.46. The van der Waals surface area contributed by atoms with Crippen molar-refractivity contribution in [3.05, 3.63) is 69.7 Å². The molecule has 2 aromatic carbocycles. The topological polar surface area (TPSA) is 15.3 Å². The summed E-state index contributed by atoms with van der Waals surface area (Å²) in [6, 6.07) is 5.65. The molecule has 2 nitrogen and oxygen atoms in total. The van der Waals surface area contributed by atoms with Gasteiger partial charge in [0.15, 0.2) is 5.82 Å². The zero-order valence-electron chi connectivity index (χ0n) is 13.1. The van der Waals surface area contributed by atoms with Gasteiger partial charge in [0.05, 0.1) is 17.1 Å². The van der Waals surface area contributed by atoms with Gasteiger partial charge in [0.2, 0.25) is 0 Å². The van der Waals surface area contributed by atoms with Crippen LogP contribution < -0.4 is 10.2 Å². The van der Waals surface area contributed by atoms with E-state index >= 15 is 0 Å². The van der Waals surface area contributed by atoms with Gasteiger partial charge >= 0.3 is 0 Å². The zero-order chi connectivity index (χ0) is 17.7. The molecule has 128 valence electrons. The summed E-state index contributed by atoms with van der Waals surface area (Å²) >= 11 is 2.00. The van der Waals surface area contributed by atoms with Gasteiger partial charge in [-0.3, -0.25) is 0 Å². The molecule has 2 aliphatic rings. The van der Waals surface area contributed by atoms with Crippen LogP contribution in [-0.4, -0.2) is 6.04 Å². The molecule has 0 aromatic heterocycles. The molecule has 4 rings (SSSR count). The molecule has 1 heterocycles. The van der Waals surface area contributed by atoms with Crippen molar-refractivity contribution >= 4 is 45.2 Å². The molecule has 0 spiro atoms. The van der Waals surface area contributed by atoms with Crippen LogP contribution in [0.15, 0.2) is 43.1 Å². The number of halogens is 4. The summed E-state index contributed by atoms with van der Waals surface area (Å²) in [5.74, 6) is -1.92. The van der Waals surface area contributed by atoms with E-state index in [1.54, 1.807) is 18.3 Å². The van der Waals surface area contributed by atoms with Crippen molar-refractivity contribution < 1.29 is 13.2 Å². The first-order chi connectivity index (χ1) is 12.0. The van der Waals surface area contributed by atoms with Crippen LogP contribution in [-0.2, 0) is 0 Å². The van der Waals surface area contributed by atoms with E-state index in [1.165, 1.54) is 12.1 Å². The summed E-state index contributed by atoms with van der Waals surface area (Å²) in [5, 5.41) is 2.79. The summed E-state index contributed by atoms with van der Waals surface area (Å²) in [7, 11) is 0. The van der Waals surface area contributed by atoms with Gasteiger partial charge < -0.3 is 10.2 Å². The molecule has 1 saturated carbocycles. The average molecular weight is 454 g/mol. The maximum Gasteiger partial charge on any atom is 0.150 e. The molecule has 1 aliphatic carbocycles. The van der Waals surface area contributed by atoms with Crippen molar-refractivity contribution in [2.75, 3.05) is 10.2 Å². The molecule has 0 bridgehead atoms. The first-order valence-corrected chi connectivity index (χ1v) is 8.93. The van der Waals surface area contributed by atoms with Crippen LogP contribution in [0.5, 0.6) is 0 Å². The van der Waals surface area contributed by atoms with E-state index in [2.05, 4.69) is 11.9 Å². The Hall–Kier alpha value is -1.96. The standard InChI is InChI=1S/C19H14F3IN2/c1-10-6-7-25(12-3-4-12)19-15(22)9-14(21)18(17(10)19)24-16-5-2-11(23)8-13(16)20/h2,5-9,12,24H,1,3-4H2. The van der Waals surface area contributed by atoms with E-state index < -0.39 is 17.5 Å². The van der Waals surface area contributed by atoms with Crippen LogP contribution in [0.1, 0.15) is 18.4 Å². The quantitative estimate of drug-likeness (QED) is 0.576. The monoisotopic (exact) mass is 454 g/mol. The first-order valence-electron chi connectivity index (χ1n) is 7.85. The highest BCUT2D eigenvalue weighted by Gasteiger charge is 2.35. The fraction of sp³-hybridized carbons (Fsp3) is 0.158. The van der Waals surface area contributed by atoms with Gasteiger partial charge in [0, 0.05) is 27.4 Å². The van der Waals surface area contributed by atoms with Gasteiger partial charge in [-0.2, -0.15) is 0 Å². The lowest BCUT2D eigenvalue weighted by atomic mass is 9.97. The summed E-state index contributed by atoms with van der Waals surface area (Å²) in [5.41, 5.74) is 1.29. The summed E-state index contributed by atoms with van der Waals surface area (Å²) < 4.78 is 44.0. The van der Waals surface area contributed by atoms with Gasteiger partial charge in [0.1, 0.15) is 11.6 Å². The largest absolute Gasteiger partial charge is 0.350 e. The van der Waals surface area contributed by atoms with Gasteiger partial charge in [-0.15, -0.1) is 0 Å². The second kappa shape index (κ2) is 6.09. The van der Waals surface area contributed by atoms with Gasteiger partial charge in [-0.05, 0) is 65.3 Å². The molecule has 25 heavy (non-hydrogen) atoms. The molecule has 0 unspecified atom stereocenters. The Labute approximate surface area is 157 Å². The molecule has 1 fully saturated rings. The minimum Gasteiger partial charge on any atom is -0.350 e. The molecule has 0 amide bonds. The molecular formula is C19H14F3IN2. The lowest BCUT2D eigenvalue weighted by molar-refractivity contribution is 0.582. The van der Waals surface area contributed by atoms with E-state index in [0.29, 0.717) is 16.8 Å². The van der Waals surface area contributed by atoms with E-state index in [-0.39, 0.29) is 17.4 Å². The van der Waals surface area contributed by atoms with Gasteiger partial charge in [0.25, 0.3) is 0 Å². The van der Waals surface area contributed by atoms with Crippen molar-refractivity contribution in [3.8, 4) is 0 Å². The predicted octanol–water partition coefficient (Wildman–Crippen LogP) is 5.96. The van der Waals surface area contributed by atoms with Crippen LogP contribution in [0, 0.1) is 21.0 Å². The third kappa shape index (κ3) is 2.92. The van der Waals surface area contributed by atoms with E-state index in [4.69, 9.17) is 0 Å². The number of fused-ring (bicyclic) bond motifs is 1. The molecule has 6 heteroatoms. The number of benzene rings is 2. The molecule has 0 atom stereocenters. The Morgan fingerprint density at radius 2 is 1.84 bits per heavy atom. The van der Waals surface area contributed by atoms with Gasteiger partial charge in [-0.1, -0.05) is 6.58 Å². The molecule has 1 aliphatic heterocycles. The first kappa shape index (κ1) is 16.5. The SMILES string of the molecule is C=C1C=CN(C2CC2)c2c(F)cc(F)c(Nc3ccc(I)cc3F)c21. The van der Waals surface area contributed by atoms with Crippen LogP contribution in [0.3, 0.4) is 0 Å². The Kier molecular flexibility index (Phi) is 4.02. The molecular weight excluding hydrogens is 440 g/mol. The van der Waals surface area contributed by atoms with Crippen LogP contribution in [0.4, 0.5) is 30.2 Å². The summed E-state index contributed by atoms with van der Waals surface area (Å²) in [6.45, 7) is 3.91. The zero-order valence-corrected chi connectivity index (χ0v) is 15.3. The van der Waals surface area contributed by atoms with Gasteiger partial charge in [-0.25, -0.2) is 13.2 Å². The maximum atomic E-state index is 14.5. The second-order valence-corrected chi connectivity index (χ2v) is 7.41. The Bertz CT molecular complexity index is 919. The molecule has 0 saturated heterocycles. The Morgan fingerprint density at radius 1 is 1.08 bits per heavy atom. The number of hydrogen-bond acceptors (Lipinski definition) is 2. The van der Waals surface area contributed by atoms with Crippen molar-refractivity contribution in [3.63, 3.8) is 0 Å². The number of nitrogens with zero attached hydrogens (tertiary/aromatic N) is 1. The van der Waals surface area contributed by atoms with Crippen molar-refractivity contribution in [1.82, 2.24) is 0 Å². The smallest absolute Gasteiger partial charge is 0.150 e. The molecule has 2 aromatic rings.